The van der Waals surface area contributed by atoms with E-state index >= 15 is 0 Å². The second-order valence-electron chi connectivity index (χ2n) is 15.4. The molecule has 2 aromatic heterocycles. The molecule has 2 heterocycles. The highest BCUT2D eigenvalue weighted by Crippen LogP contribution is 2.62. The molecular formula is C51H36Br2N2O4. The first-order chi connectivity index (χ1) is 28.8. The summed E-state index contributed by atoms with van der Waals surface area (Å²) >= 11 is 7.67. The quantitative estimate of drug-likeness (QED) is 0.100. The predicted octanol–water partition coefficient (Wildman–Crippen LogP) is 12.7. The fourth-order valence-corrected chi connectivity index (χ4v) is 10.2. The van der Waals surface area contributed by atoms with Gasteiger partial charge in [0, 0.05) is 54.5 Å². The predicted molar refractivity (Wildman–Crippen MR) is 239 cm³/mol. The van der Waals surface area contributed by atoms with E-state index in [1.807, 2.05) is 72.8 Å². The number of halogens is 2. The monoisotopic (exact) mass is 898 g/mol. The molecule has 0 aliphatic heterocycles. The number of carbonyl (C=O) groups is 2. The molecule has 0 spiro atoms. The van der Waals surface area contributed by atoms with Crippen LogP contribution < -0.4 is 9.47 Å². The van der Waals surface area contributed by atoms with Gasteiger partial charge in [0.05, 0.1) is 22.4 Å². The van der Waals surface area contributed by atoms with E-state index in [-0.39, 0.29) is 24.8 Å². The van der Waals surface area contributed by atoms with E-state index < -0.39 is 10.8 Å². The minimum Gasteiger partial charge on any atom is -0.427 e. The minimum atomic E-state index is -0.780. The van der Waals surface area contributed by atoms with Crippen LogP contribution in [-0.2, 0) is 20.4 Å². The van der Waals surface area contributed by atoms with Crippen molar-refractivity contribution in [1.29, 1.82) is 0 Å². The Morgan fingerprint density at radius 1 is 0.475 bits per heavy atom. The summed E-state index contributed by atoms with van der Waals surface area (Å²) in [5, 5.41) is 2.02. The maximum Gasteiger partial charge on any atom is 0.311 e. The average Bonchev–Trinajstić information content (AvgIpc) is 3.65. The van der Waals surface area contributed by atoms with Gasteiger partial charge in [-0.05, 0) is 114 Å². The van der Waals surface area contributed by atoms with Gasteiger partial charge in [-0.1, -0.05) is 117 Å². The Morgan fingerprint density at radius 2 is 0.881 bits per heavy atom. The van der Waals surface area contributed by atoms with Gasteiger partial charge in [0.25, 0.3) is 0 Å². The van der Waals surface area contributed by atoms with Gasteiger partial charge in [0.1, 0.15) is 11.5 Å². The van der Waals surface area contributed by atoms with Gasteiger partial charge in [-0.2, -0.15) is 0 Å². The Bertz CT molecular complexity index is 2760. The number of carbonyl (C=O) groups excluding carboxylic acids is 2. The third kappa shape index (κ3) is 6.64. The summed E-state index contributed by atoms with van der Waals surface area (Å²) in [5.41, 5.74) is 8.29. The number of esters is 2. The van der Waals surface area contributed by atoms with Gasteiger partial charge in [-0.3, -0.25) is 9.59 Å². The van der Waals surface area contributed by atoms with E-state index in [0.717, 1.165) is 75.5 Å². The van der Waals surface area contributed by atoms with E-state index in [2.05, 4.69) is 92.5 Å². The van der Waals surface area contributed by atoms with Crippen molar-refractivity contribution < 1.29 is 19.1 Å². The van der Waals surface area contributed by atoms with E-state index in [4.69, 9.17) is 19.4 Å². The Kier molecular flexibility index (Phi) is 9.49. The number of aromatic nitrogens is 2. The third-order valence-electron chi connectivity index (χ3n) is 12.0. The SMILES string of the molecule is O=C(CCC1(CC2(CCC(=O)Oc3ccccc3)c3cc(Br)ccc3-c3nc4ccccc4cc32)c2cc(Br)ccc2-c2nc3ccccc3cc21)Oc1ccccc1. The van der Waals surface area contributed by atoms with Crippen LogP contribution in [0.5, 0.6) is 11.5 Å². The highest BCUT2D eigenvalue weighted by Gasteiger charge is 2.54. The molecule has 0 amide bonds. The zero-order valence-electron chi connectivity index (χ0n) is 31.8. The Morgan fingerprint density at radius 3 is 1.32 bits per heavy atom. The molecule has 288 valence electrons. The molecule has 6 nitrogen and oxygen atoms in total. The lowest BCUT2D eigenvalue weighted by molar-refractivity contribution is -0.135. The zero-order chi connectivity index (χ0) is 40.1. The van der Waals surface area contributed by atoms with Gasteiger partial charge in [0.15, 0.2) is 0 Å². The molecule has 2 aliphatic carbocycles. The van der Waals surface area contributed by atoms with E-state index in [1.165, 1.54) is 0 Å². The average molecular weight is 901 g/mol. The summed E-state index contributed by atoms with van der Waals surface area (Å²) in [7, 11) is 0. The lowest BCUT2D eigenvalue weighted by atomic mass is 9.60. The normalized spacial score (nSPS) is 17.3. The molecule has 0 fully saturated rings. The number of fused-ring (bicyclic) bond motifs is 8. The standard InChI is InChI=1S/C51H36Br2N2O4/c52-34-19-21-38-40(29-34)50(25-23-46(56)58-36-13-3-1-4-14-36,42-27-32-11-7-9-17-44(32)54-48(38)42)31-51(26-24-47(57)59-37-15-5-2-6-16-37)41-30-35(53)20-22-39(41)49-43(51)28-33-12-8-10-18-45(33)55-49/h1-22,27-30H,23-26,31H2. The molecule has 2 aliphatic rings. The summed E-state index contributed by atoms with van der Waals surface area (Å²) in [6.07, 6.45) is 1.61. The third-order valence-corrected chi connectivity index (χ3v) is 13.0. The molecule has 0 radical (unpaired) electrons. The first-order valence-electron chi connectivity index (χ1n) is 19.7. The van der Waals surface area contributed by atoms with Crippen molar-refractivity contribution in [2.45, 2.75) is 42.9 Å². The van der Waals surface area contributed by atoms with Crippen LogP contribution in [0.25, 0.3) is 44.3 Å². The molecule has 0 N–H and O–H groups in total. The summed E-state index contributed by atoms with van der Waals surface area (Å²) in [4.78, 5) is 38.7. The number of hydrogen-bond acceptors (Lipinski definition) is 6. The van der Waals surface area contributed by atoms with Crippen LogP contribution in [0, 0.1) is 0 Å². The van der Waals surface area contributed by atoms with E-state index in [1.54, 1.807) is 24.3 Å². The molecule has 6 aromatic carbocycles. The van der Waals surface area contributed by atoms with Gasteiger partial charge < -0.3 is 9.47 Å². The number of para-hydroxylation sites is 4. The smallest absolute Gasteiger partial charge is 0.311 e. The summed E-state index contributed by atoms with van der Waals surface area (Å²) in [6, 6.07) is 52.1. The van der Waals surface area contributed by atoms with Gasteiger partial charge in [0.2, 0.25) is 0 Å². The van der Waals surface area contributed by atoms with Crippen LogP contribution in [0.15, 0.2) is 167 Å². The summed E-state index contributed by atoms with van der Waals surface area (Å²) < 4.78 is 13.8. The Balaban J connectivity index is 1.21. The van der Waals surface area contributed by atoms with Gasteiger partial charge >= 0.3 is 11.9 Å². The largest absolute Gasteiger partial charge is 0.427 e. The lowest BCUT2D eigenvalue weighted by Gasteiger charge is -2.42. The number of hydrogen-bond donors (Lipinski definition) is 0. The molecule has 0 saturated carbocycles. The number of pyridine rings is 2. The number of ether oxygens (including phenoxy) is 2. The number of nitrogens with zero attached hydrogens (tertiary/aromatic N) is 2. The van der Waals surface area contributed by atoms with Crippen LogP contribution in [0.2, 0.25) is 0 Å². The molecule has 0 bridgehead atoms. The molecular weight excluding hydrogens is 864 g/mol. The van der Waals surface area contributed by atoms with Crippen LogP contribution in [-0.4, -0.2) is 21.9 Å². The fraction of sp³-hybridized carbons (Fsp3) is 0.137. The topological polar surface area (TPSA) is 78.4 Å². The van der Waals surface area contributed by atoms with Crippen molar-refractivity contribution in [2.24, 2.45) is 0 Å². The van der Waals surface area contributed by atoms with Crippen molar-refractivity contribution in [3.8, 4) is 34.0 Å². The van der Waals surface area contributed by atoms with Crippen LogP contribution in [0.3, 0.4) is 0 Å². The van der Waals surface area contributed by atoms with Crippen molar-refractivity contribution in [3.63, 3.8) is 0 Å². The summed E-state index contributed by atoms with van der Waals surface area (Å²) in [5.74, 6) is 0.364. The van der Waals surface area contributed by atoms with Crippen LogP contribution >= 0.6 is 31.9 Å². The molecule has 2 unspecified atom stereocenters. The molecule has 0 saturated heterocycles. The Hall–Kier alpha value is -5.96. The van der Waals surface area contributed by atoms with Gasteiger partial charge in [-0.25, -0.2) is 9.97 Å². The van der Waals surface area contributed by atoms with Crippen molar-refractivity contribution in [3.05, 3.63) is 189 Å². The van der Waals surface area contributed by atoms with E-state index in [0.29, 0.717) is 30.8 Å². The highest BCUT2D eigenvalue weighted by molar-refractivity contribution is 9.10. The van der Waals surface area contributed by atoms with Crippen molar-refractivity contribution in [1.82, 2.24) is 9.97 Å². The molecule has 8 heteroatoms. The minimum absolute atomic E-state index is 0.132. The second-order valence-corrected chi connectivity index (χ2v) is 17.3. The fourth-order valence-electron chi connectivity index (χ4n) is 9.48. The molecule has 8 aromatic rings. The van der Waals surface area contributed by atoms with Gasteiger partial charge in [-0.15, -0.1) is 0 Å². The summed E-state index contributed by atoms with van der Waals surface area (Å²) in [6.45, 7) is 0. The van der Waals surface area contributed by atoms with E-state index in [9.17, 15) is 9.59 Å². The van der Waals surface area contributed by atoms with Crippen molar-refractivity contribution in [2.75, 3.05) is 0 Å². The number of benzene rings is 6. The second kappa shape index (κ2) is 15.0. The maximum absolute atomic E-state index is 14.0. The zero-order valence-corrected chi connectivity index (χ0v) is 35.0. The first-order valence-corrected chi connectivity index (χ1v) is 21.3. The molecule has 59 heavy (non-hydrogen) atoms. The molecule has 10 rings (SSSR count). The van der Waals surface area contributed by atoms with Crippen LogP contribution in [0.4, 0.5) is 0 Å². The Labute approximate surface area is 358 Å². The first kappa shape index (κ1) is 37.3. The highest BCUT2D eigenvalue weighted by atomic mass is 79.9. The molecule has 2 atom stereocenters. The van der Waals surface area contributed by atoms with Crippen LogP contribution in [0.1, 0.15) is 54.4 Å². The number of rotatable bonds is 10. The van der Waals surface area contributed by atoms with Crippen molar-refractivity contribution >= 4 is 65.6 Å². The maximum atomic E-state index is 14.0. The lowest BCUT2D eigenvalue weighted by Crippen LogP contribution is -2.39.